The normalized spacial score (nSPS) is 12.8. The number of carboxylic acid groups (broad SMARTS) is 1. The molecule has 0 saturated heterocycles. The monoisotopic (exact) mass is 232 g/mol. The van der Waals surface area contributed by atoms with E-state index in [2.05, 4.69) is 15.9 Å². The van der Waals surface area contributed by atoms with Crippen molar-refractivity contribution in [2.24, 2.45) is 0 Å². The van der Waals surface area contributed by atoms with Crippen LogP contribution < -0.4 is 0 Å². The summed E-state index contributed by atoms with van der Waals surface area (Å²) in [7, 11) is 0. The first-order chi connectivity index (χ1) is 5.65. The van der Waals surface area contributed by atoms with Gasteiger partial charge in [0.1, 0.15) is 11.7 Å². The van der Waals surface area contributed by atoms with Crippen LogP contribution in [0.15, 0.2) is 21.2 Å². The lowest BCUT2D eigenvalue weighted by atomic mass is 10.0. The largest absolute Gasteiger partial charge is 0.481 e. The maximum Gasteiger partial charge on any atom is 0.314 e. The standard InChI is InChI=1S/C8H9BrO3/c1-2-5(8(10)11)6-3-4-7(9)12-6/h3-5H,2H2,1H3,(H,10,11). The number of carboxylic acids is 1. The quantitative estimate of drug-likeness (QED) is 0.872. The Balaban J connectivity index is 2.87. The number of aliphatic carboxylic acids is 1. The minimum atomic E-state index is -0.848. The highest BCUT2D eigenvalue weighted by Gasteiger charge is 2.20. The van der Waals surface area contributed by atoms with Gasteiger partial charge in [0.15, 0.2) is 4.67 Å². The maximum absolute atomic E-state index is 10.7. The van der Waals surface area contributed by atoms with E-state index in [0.717, 1.165) is 0 Å². The van der Waals surface area contributed by atoms with Gasteiger partial charge in [0.25, 0.3) is 0 Å². The van der Waals surface area contributed by atoms with E-state index >= 15 is 0 Å². The van der Waals surface area contributed by atoms with Gasteiger partial charge in [-0.3, -0.25) is 4.79 Å². The highest BCUT2D eigenvalue weighted by Crippen LogP contribution is 2.24. The summed E-state index contributed by atoms with van der Waals surface area (Å²) in [6.07, 6.45) is 0.537. The molecule has 1 heterocycles. The molecule has 0 aliphatic rings. The topological polar surface area (TPSA) is 50.4 Å². The van der Waals surface area contributed by atoms with Crippen LogP contribution in [0.1, 0.15) is 25.0 Å². The molecule has 1 rings (SSSR count). The Morgan fingerprint density at radius 1 is 1.75 bits per heavy atom. The van der Waals surface area contributed by atoms with Crippen molar-refractivity contribution in [2.45, 2.75) is 19.3 Å². The van der Waals surface area contributed by atoms with Crippen molar-refractivity contribution in [3.8, 4) is 0 Å². The fraction of sp³-hybridized carbons (Fsp3) is 0.375. The van der Waals surface area contributed by atoms with E-state index in [4.69, 9.17) is 9.52 Å². The second kappa shape index (κ2) is 3.76. The zero-order valence-corrected chi connectivity index (χ0v) is 8.17. The molecular weight excluding hydrogens is 224 g/mol. The van der Waals surface area contributed by atoms with Crippen LogP contribution in [0, 0.1) is 0 Å². The highest BCUT2D eigenvalue weighted by atomic mass is 79.9. The van der Waals surface area contributed by atoms with E-state index in [0.29, 0.717) is 16.9 Å². The van der Waals surface area contributed by atoms with E-state index in [1.807, 2.05) is 6.92 Å². The summed E-state index contributed by atoms with van der Waals surface area (Å²) >= 11 is 3.12. The highest BCUT2D eigenvalue weighted by molar-refractivity contribution is 9.10. The predicted octanol–water partition coefficient (Wildman–Crippen LogP) is 2.62. The molecule has 1 N–H and O–H groups in total. The number of carbonyl (C=O) groups is 1. The van der Waals surface area contributed by atoms with Crippen molar-refractivity contribution in [2.75, 3.05) is 0 Å². The Morgan fingerprint density at radius 3 is 2.75 bits per heavy atom. The number of rotatable bonds is 3. The van der Waals surface area contributed by atoms with Crippen LogP contribution >= 0.6 is 15.9 Å². The maximum atomic E-state index is 10.7. The third-order valence-electron chi connectivity index (χ3n) is 1.64. The zero-order chi connectivity index (χ0) is 9.14. The first-order valence-electron chi connectivity index (χ1n) is 3.63. The Morgan fingerprint density at radius 2 is 2.42 bits per heavy atom. The summed E-state index contributed by atoms with van der Waals surface area (Å²) < 4.78 is 5.70. The van der Waals surface area contributed by atoms with Gasteiger partial charge in [-0.1, -0.05) is 6.92 Å². The summed E-state index contributed by atoms with van der Waals surface area (Å²) in [5.41, 5.74) is 0. The molecule has 66 valence electrons. The van der Waals surface area contributed by atoms with Crippen LogP contribution in [0.4, 0.5) is 0 Å². The van der Waals surface area contributed by atoms with E-state index in [1.54, 1.807) is 12.1 Å². The molecule has 1 aromatic rings. The second-order valence-corrected chi connectivity index (χ2v) is 3.22. The van der Waals surface area contributed by atoms with Gasteiger partial charge in [-0.2, -0.15) is 0 Å². The summed E-state index contributed by atoms with van der Waals surface area (Å²) in [5.74, 6) is -0.882. The molecule has 0 bridgehead atoms. The molecule has 1 unspecified atom stereocenters. The molecule has 0 aliphatic heterocycles. The van der Waals surface area contributed by atoms with Gasteiger partial charge in [-0.25, -0.2) is 0 Å². The summed E-state index contributed by atoms with van der Waals surface area (Å²) in [6, 6.07) is 3.37. The van der Waals surface area contributed by atoms with Crippen molar-refractivity contribution >= 4 is 21.9 Å². The van der Waals surface area contributed by atoms with Crippen LogP contribution in [-0.2, 0) is 4.79 Å². The number of hydrogen-bond donors (Lipinski definition) is 1. The summed E-state index contributed by atoms with van der Waals surface area (Å²) in [5, 5.41) is 8.76. The second-order valence-electron chi connectivity index (χ2n) is 2.44. The van der Waals surface area contributed by atoms with E-state index in [9.17, 15) is 4.79 Å². The van der Waals surface area contributed by atoms with Gasteiger partial charge < -0.3 is 9.52 Å². The third-order valence-corrected chi connectivity index (χ3v) is 2.07. The molecule has 1 aromatic heterocycles. The van der Waals surface area contributed by atoms with Crippen molar-refractivity contribution in [3.05, 3.63) is 22.6 Å². The van der Waals surface area contributed by atoms with Crippen molar-refractivity contribution in [3.63, 3.8) is 0 Å². The zero-order valence-electron chi connectivity index (χ0n) is 6.58. The van der Waals surface area contributed by atoms with Crippen molar-refractivity contribution < 1.29 is 14.3 Å². The van der Waals surface area contributed by atoms with Crippen LogP contribution in [0.5, 0.6) is 0 Å². The minimum absolute atomic E-state index is 0.497. The van der Waals surface area contributed by atoms with Gasteiger partial charge in [-0.15, -0.1) is 0 Å². The summed E-state index contributed by atoms with van der Waals surface area (Å²) in [4.78, 5) is 10.7. The van der Waals surface area contributed by atoms with Gasteiger partial charge in [-0.05, 0) is 34.5 Å². The lowest BCUT2D eigenvalue weighted by molar-refractivity contribution is -0.139. The van der Waals surface area contributed by atoms with Crippen LogP contribution in [0.25, 0.3) is 0 Å². The molecule has 4 heteroatoms. The lowest BCUT2D eigenvalue weighted by Gasteiger charge is -2.04. The van der Waals surface area contributed by atoms with Crippen molar-refractivity contribution in [1.82, 2.24) is 0 Å². The molecule has 0 saturated carbocycles. The van der Waals surface area contributed by atoms with Gasteiger partial charge in [0.05, 0.1) is 0 Å². The molecule has 0 amide bonds. The predicted molar refractivity (Wildman–Crippen MR) is 47.1 cm³/mol. The van der Waals surface area contributed by atoms with Gasteiger partial charge >= 0.3 is 5.97 Å². The molecule has 0 spiro atoms. The average Bonchev–Trinajstić information content (AvgIpc) is 2.37. The number of halogens is 1. The molecule has 0 radical (unpaired) electrons. The first kappa shape index (κ1) is 9.32. The summed E-state index contributed by atoms with van der Waals surface area (Å²) in [6.45, 7) is 1.81. The fourth-order valence-corrected chi connectivity index (χ4v) is 1.33. The smallest absolute Gasteiger partial charge is 0.314 e. The molecule has 0 fully saturated rings. The lowest BCUT2D eigenvalue weighted by Crippen LogP contribution is -2.09. The molecule has 0 aliphatic carbocycles. The SMILES string of the molecule is CCC(C(=O)O)c1ccc(Br)o1. The number of furan rings is 1. The molecule has 12 heavy (non-hydrogen) atoms. The van der Waals surface area contributed by atoms with E-state index in [-0.39, 0.29) is 0 Å². The van der Waals surface area contributed by atoms with E-state index in [1.165, 1.54) is 0 Å². The Hall–Kier alpha value is -0.770. The Labute approximate surface area is 78.5 Å². The Kier molecular flexibility index (Phi) is 2.92. The number of hydrogen-bond acceptors (Lipinski definition) is 2. The third kappa shape index (κ3) is 1.88. The molecular formula is C8H9BrO3. The van der Waals surface area contributed by atoms with Gasteiger partial charge in [0, 0.05) is 0 Å². The molecule has 0 aromatic carbocycles. The minimum Gasteiger partial charge on any atom is -0.481 e. The average molecular weight is 233 g/mol. The van der Waals surface area contributed by atoms with Crippen molar-refractivity contribution in [1.29, 1.82) is 0 Å². The van der Waals surface area contributed by atoms with E-state index < -0.39 is 11.9 Å². The van der Waals surface area contributed by atoms with Crippen LogP contribution in [0.3, 0.4) is 0 Å². The Bertz CT molecular complexity index is 280. The first-order valence-corrected chi connectivity index (χ1v) is 4.42. The molecule has 3 nitrogen and oxygen atoms in total. The van der Waals surface area contributed by atoms with Crippen LogP contribution in [0.2, 0.25) is 0 Å². The van der Waals surface area contributed by atoms with Crippen LogP contribution in [-0.4, -0.2) is 11.1 Å². The molecule has 1 atom stereocenters. The fourth-order valence-electron chi connectivity index (χ4n) is 1.01. The van der Waals surface area contributed by atoms with Gasteiger partial charge in [0.2, 0.25) is 0 Å².